The minimum absolute atomic E-state index is 0.0816. The first-order valence-electron chi connectivity index (χ1n) is 8.08. The number of hydrogen-bond acceptors (Lipinski definition) is 3. The molecule has 120 valence electrons. The third-order valence-electron chi connectivity index (χ3n) is 4.60. The lowest BCUT2D eigenvalue weighted by Gasteiger charge is -2.38. The number of para-hydroxylation sites is 1. The fourth-order valence-corrected chi connectivity index (χ4v) is 3.18. The van der Waals surface area contributed by atoms with Gasteiger partial charge in [0.1, 0.15) is 0 Å². The lowest BCUT2D eigenvalue weighted by Crippen LogP contribution is -2.45. The van der Waals surface area contributed by atoms with Crippen molar-refractivity contribution >= 4 is 17.3 Å². The van der Waals surface area contributed by atoms with Gasteiger partial charge >= 0.3 is 0 Å². The summed E-state index contributed by atoms with van der Waals surface area (Å²) in [7, 11) is 2.13. The predicted octanol–water partition coefficient (Wildman–Crippen LogP) is 3.01. The van der Waals surface area contributed by atoms with Gasteiger partial charge in [0.05, 0.1) is 0 Å². The van der Waals surface area contributed by atoms with Crippen molar-refractivity contribution in [2.75, 3.05) is 30.8 Å². The molecule has 0 radical (unpaired) electrons. The molecule has 0 aromatic heterocycles. The van der Waals surface area contributed by atoms with E-state index in [4.69, 9.17) is 5.73 Å². The quantitative estimate of drug-likeness (QED) is 0.887. The molecule has 4 nitrogen and oxygen atoms in total. The number of carbonyl (C=O) groups excluding carboxylic acids is 1. The summed E-state index contributed by atoms with van der Waals surface area (Å²) < 4.78 is 0. The van der Waals surface area contributed by atoms with E-state index in [1.165, 1.54) is 5.69 Å². The number of piperidine rings is 1. The summed E-state index contributed by atoms with van der Waals surface area (Å²) in [5.74, 6) is 0.0816. The second-order valence-corrected chi connectivity index (χ2v) is 6.10. The molecule has 1 heterocycles. The van der Waals surface area contributed by atoms with Gasteiger partial charge in [0.15, 0.2) is 0 Å². The number of amides is 1. The van der Waals surface area contributed by atoms with Gasteiger partial charge in [-0.05, 0) is 43.2 Å². The number of benzene rings is 2. The monoisotopic (exact) mass is 309 g/mol. The molecular formula is C19H23N3O. The highest BCUT2D eigenvalue weighted by Gasteiger charge is 2.26. The average Bonchev–Trinajstić information content (AvgIpc) is 2.61. The molecule has 0 spiro atoms. The summed E-state index contributed by atoms with van der Waals surface area (Å²) in [6.07, 6.45) is 1.97. The molecule has 2 N–H and O–H groups in total. The molecule has 4 heteroatoms. The Morgan fingerprint density at radius 1 is 1.09 bits per heavy atom. The summed E-state index contributed by atoms with van der Waals surface area (Å²) >= 11 is 0. The third kappa shape index (κ3) is 3.47. The van der Waals surface area contributed by atoms with Gasteiger partial charge in [-0.15, -0.1) is 0 Å². The molecule has 3 rings (SSSR count). The van der Waals surface area contributed by atoms with Crippen LogP contribution in [0.15, 0.2) is 54.6 Å². The molecule has 1 saturated heterocycles. The molecule has 1 amide bonds. The largest absolute Gasteiger partial charge is 0.399 e. The number of anilines is 2. The normalized spacial score (nSPS) is 15.4. The van der Waals surface area contributed by atoms with Crippen molar-refractivity contribution in [3.63, 3.8) is 0 Å². The van der Waals surface area contributed by atoms with Crippen LogP contribution in [0.5, 0.6) is 0 Å². The Labute approximate surface area is 137 Å². The van der Waals surface area contributed by atoms with Crippen LogP contribution in [0.2, 0.25) is 0 Å². The van der Waals surface area contributed by atoms with E-state index in [2.05, 4.69) is 36.2 Å². The van der Waals surface area contributed by atoms with Crippen LogP contribution >= 0.6 is 0 Å². The number of carbonyl (C=O) groups is 1. The van der Waals surface area contributed by atoms with Crippen LogP contribution < -0.4 is 10.6 Å². The van der Waals surface area contributed by atoms with Gasteiger partial charge in [-0.1, -0.05) is 24.3 Å². The summed E-state index contributed by atoms with van der Waals surface area (Å²) in [6.45, 7) is 1.57. The first kappa shape index (κ1) is 15.4. The molecule has 0 aliphatic carbocycles. The molecular weight excluding hydrogens is 286 g/mol. The second kappa shape index (κ2) is 6.73. The van der Waals surface area contributed by atoms with Gasteiger partial charge in [0, 0.05) is 43.1 Å². The van der Waals surface area contributed by atoms with Crippen LogP contribution in [0.4, 0.5) is 11.4 Å². The Bertz CT molecular complexity index is 663. The predicted molar refractivity (Wildman–Crippen MR) is 94.6 cm³/mol. The van der Waals surface area contributed by atoms with E-state index in [-0.39, 0.29) is 5.91 Å². The van der Waals surface area contributed by atoms with E-state index >= 15 is 0 Å². The Morgan fingerprint density at radius 3 is 2.43 bits per heavy atom. The lowest BCUT2D eigenvalue weighted by atomic mass is 10.0. The maximum atomic E-state index is 12.6. The van der Waals surface area contributed by atoms with Crippen LogP contribution in [0, 0.1) is 0 Å². The summed E-state index contributed by atoms with van der Waals surface area (Å²) in [6, 6.07) is 18.1. The van der Waals surface area contributed by atoms with Gasteiger partial charge in [0.25, 0.3) is 5.91 Å². The summed E-state index contributed by atoms with van der Waals surface area (Å²) in [4.78, 5) is 16.8. The lowest BCUT2D eigenvalue weighted by molar-refractivity contribution is 0.0713. The molecule has 1 fully saturated rings. The minimum Gasteiger partial charge on any atom is -0.399 e. The zero-order chi connectivity index (χ0) is 16.2. The zero-order valence-electron chi connectivity index (χ0n) is 13.5. The van der Waals surface area contributed by atoms with Crippen LogP contribution in [-0.4, -0.2) is 37.0 Å². The summed E-state index contributed by atoms with van der Waals surface area (Å²) in [5, 5.41) is 0. The molecule has 2 aromatic rings. The number of nitrogen functional groups attached to an aromatic ring is 1. The Morgan fingerprint density at radius 2 is 1.78 bits per heavy atom. The van der Waals surface area contributed by atoms with Crippen molar-refractivity contribution in [1.29, 1.82) is 0 Å². The first-order valence-corrected chi connectivity index (χ1v) is 8.08. The smallest absolute Gasteiger partial charge is 0.253 e. The molecule has 0 unspecified atom stereocenters. The first-order chi connectivity index (χ1) is 11.1. The zero-order valence-corrected chi connectivity index (χ0v) is 13.5. The van der Waals surface area contributed by atoms with Crippen molar-refractivity contribution in [2.24, 2.45) is 0 Å². The highest BCUT2D eigenvalue weighted by Crippen LogP contribution is 2.23. The van der Waals surface area contributed by atoms with E-state index in [0.29, 0.717) is 17.3 Å². The minimum atomic E-state index is 0.0816. The third-order valence-corrected chi connectivity index (χ3v) is 4.60. The van der Waals surface area contributed by atoms with Crippen molar-refractivity contribution in [2.45, 2.75) is 18.9 Å². The van der Waals surface area contributed by atoms with Crippen LogP contribution in [0.3, 0.4) is 0 Å². The van der Waals surface area contributed by atoms with Crippen molar-refractivity contribution < 1.29 is 4.79 Å². The van der Waals surface area contributed by atoms with E-state index in [1.807, 2.05) is 23.1 Å². The highest BCUT2D eigenvalue weighted by molar-refractivity contribution is 5.95. The van der Waals surface area contributed by atoms with Gasteiger partial charge in [-0.25, -0.2) is 0 Å². The second-order valence-electron chi connectivity index (χ2n) is 6.10. The maximum absolute atomic E-state index is 12.6. The topological polar surface area (TPSA) is 49.6 Å². The highest BCUT2D eigenvalue weighted by atomic mass is 16.2. The van der Waals surface area contributed by atoms with Gasteiger partial charge in [-0.2, -0.15) is 0 Å². The van der Waals surface area contributed by atoms with Crippen molar-refractivity contribution in [1.82, 2.24) is 4.90 Å². The molecule has 0 saturated carbocycles. The van der Waals surface area contributed by atoms with Crippen molar-refractivity contribution in [3.05, 3.63) is 60.2 Å². The van der Waals surface area contributed by atoms with E-state index < -0.39 is 0 Å². The van der Waals surface area contributed by atoms with Crippen LogP contribution in [0.25, 0.3) is 0 Å². The number of rotatable bonds is 3. The Balaban J connectivity index is 1.61. The van der Waals surface area contributed by atoms with Crippen LogP contribution in [-0.2, 0) is 0 Å². The molecule has 1 aliphatic rings. The summed E-state index contributed by atoms with van der Waals surface area (Å²) in [5.41, 5.74) is 8.32. The van der Waals surface area contributed by atoms with Crippen LogP contribution in [0.1, 0.15) is 23.2 Å². The molecule has 2 aromatic carbocycles. The van der Waals surface area contributed by atoms with E-state index in [1.54, 1.807) is 12.1 Å². The number of likely N-dealkylation sites (tertiary alicyclic amines) is 1. The fourth-order valence-electron chi connectivity index (χ4n) is 3.18. The number of nitrogens with two attached hydrogens (primary N) is 1. The standard InChI is InChI=1S/C19H23N3O/c1-21(17-8-3-2-4-9-17)18-10-12-22(13-11-18)19(23)15-6-5-7-16(20)14-15/h2-9,14,18H,10-13,20H2,1H3. The number of nitrogens with zero attached hydrogens (tertiary/aromatic N) is 2. The maximum Gasteiger partial charge on any atom is 0.253 e. The van der Waals surface area contributed by atoms with E-state index in [9.17, 15) is 4.79 Å². The Kier molecular flexibility index (Phi) is 4.51. The molecule has 1 aliphatic heterocycles. The van der Waals surface area contributed by atoms with Gasteiger partial charge in [-0.3, -0.25) is 4.79 Å². The Hall–Kier alpha value is -2.49. The van der Waals surface area contributed by atoms with Gasteiger partial charge < -0.3 is 15.5 Å². The fraction of sp³-hybridized carbons (Fsp3) is 0.316. The molecule has 0 atom stereocenters. The average molecular weight is 309 g/mol. The number of hydrogen-bond donors (Lipinski definition) is 1. The van der Waals surface area contributed by atoms with Crippen molar-refractivity contribution in [3.8, 4) is 0 Å². The van der Waals surface area contributed by atoms with E-state index in [0.717, 1.165) is 25.9 Å². The van der Waals surface area contributed by atoms with Gasteiger partial charge in [0.2, 0.25) is 0 Å². The SMILES string of the molecule is CN(c1ccccc1)C1CCN(C(=O)c2cccc(N)c2)CC1. The molecule has 23 heavy (non-hydrogen) atoms. The molecule has 0 bridgehead atoms.